The predicted molar refractivity (Wildman–Crippen MR) is 95.2 cm³/mol. The first-order valence-electron chi connectivity index (χ1n) is 7.91. The molecule has 0 amide bonds. The Morgan fingerprint density at radius 3 is 2.52 bits per heavy atom. The molecule has 1 aromatic rings. The van der Waals surface area contributed by atoms with E-state index in [0.29, 0.717) is 0 Å². The van der Waals surface area contributed by atoms with Gasteiger partial charge in [-0.15, -0.1) is 12.4 Å². The summed E-state index contributed by atoms with van der Waals surface area (Å²) in [6.45, 7) is 6.93. The molecule has 1 N–H and O–H groups in total. The smallest absolute Gasteiger partial charge is 0.0244 e. The lowest BCUT2D eigenvalue weighted by Crippen LogP contribution is -2.42. The molecule has 2 aliphatic rings. The van der Waals surface area contributed by atoms with Crippen molar-refractivity contribution < 1.29 is 0 Å². The van der Waals surface area contributed by atoms with Crippen LogP contribution in [0, 0.1) is 12.8 Å². The molecule has 4 heteroatoms. The van der Waals surface area contributed by atoms with Crippen LogP contribution in [-0.2, 0) is 6.54 Å². The zero-order chi connectivity index (χ0) is 13.9. The van der Waals surface area contributed by atoms with Crippen LogP contribution in [0.25, 0.3) is 0 Å². The molecule has 1 aliphatic carbocycles. The molecule has 1 aromatic carbocycles. The third-order valence-electron chi connectivity index (χ3n) is 4.58. The van der Waals surface area contributed by atoms with Crippen LogP contribution in [0.1, 0.15) is 36.8 Å². The maximum absolute atomic E-state index is 3.75. The van der Waals surface area contributed by atoms with E-state index in [1.165, 1.54) is 60.9 Å². The second kappa shape index (κ2) is 7.96. The molecule has 0 unspecified atom stereocenters. The van der Waals surface area contributed by atoms with Gasteiger partial charge in [0.2, 0.25) is 0 Å². The van der Waals surface area contributed by atoms with Crippen molar-refractivity contribution in [2.45, 2.75) is 45.2 Å². The molecule has 118 valence electrons. The summed E-state index contributed by atoms with van der Waals surface area (Å²) in [5, 5.41) is 3.75. The molecule has 1 heterocycles. The zero-order valence-electron chi connectivity index (χ0n) is 12.8. The van der Waals surface area contributed by atoms with Crippen molar-refractivity contribution in [3.63, 3.8) is 0 Å². The van der Waals surface area contributed by atoms with Crippen LogP contribution in [0.3, 0.4) is 0 Å². The number of halogens is 2. The Morgan fingerprint density at radius 2 is 1.90 bits per heavy atom. The Hall–Kier alpha value is -0.0900. The van der Waals surface area contributed by atoms with Crippen molar-refractivity contribution in [2.24, 2.45) is 5.92 Å². The summed E-state index contributed by atoms with van der Waals surface area (Å²) < 4.78 is 1.26. The predicted octanol–water partition coefficient (Wildman–Crippen LogP) is 4.14. The third-order valence-corrected chi connectivity index (χ3v) is 5.32. The molecule has 2 fully saturated rings. The van der Waals surface area contributed by atoms with Gasteiger partial charge in [0, 0.05) is 17.1 Å². The van der Waals surface area contributed by atoms with E-state index >= 15 is 0 Å². The molecular formula is C17H26BrClN2. The van der Waals surface area contributed by atoms with Gasteiger partial charge in [0.25, 0.3) is 0 Å². The van der Waals surface area contributed by atoms with Crippen molar-refractivity contribution in [2.75, 3.05) is 19.6 Å². The second-order valence-electron chi connectivity index (χ2n) is 6.50. The van der Waals surface area contributed by atoms with Crippen LogP contribution in [0.15, 0.2) is 22.7 Å². The standard InChI is InChI=1S/C17H25BrN2.ClH/c1-13-2-5-15(17(18)10-13)12-20-8-6-16(7-9-20)19-11-14-3-4-14;/h2,5,10,14,16,19H,3-4,6-9,11-12H2,1H3;1H. The van der Waals surface area contributed by atoms with E-state index in [-0.39, 0.29) is 12.4 Å². The summed E-state index contributed by atoms with van der Waals surface area (Å²) in [7, 11) is 0. The van der Waals surface area contributed by atoms with Crippen molar-refractivity contribution in [3.05, 3.63) is 33.8 Å². The number of nitrogens with one attached hydrogen (secondary N) is 1. The molecular weight excluding hydrogens is 348 g/mol. The van der Waals surface area contributed by atoms with Crippen LogP contribution in [0.2, 0.25) is 0 Å². The highest BCUT2D eigenvalue weighted by Gasteiger charge is 2.24. The van der Waals surface area contributed by atoms with Crippen LogP contribution < -0.4 is 5.32 Å². The quantitative estimate of drug-likeness (QED) is 0.834. The number of nitrogens with zero attached hydrogens (tertiary/aromatic N) is 1. The highest BCUT2D eigenvalue weighted by atomic mass is 79.9. The summed E-state index contributed by atoms with van der Waals surface area (Å²) in [6.07, 6.45) is 5.51. The molecule has 3 rings (SSSR count). The number of hydrogen-bond donors (Lipinski definition) is 1. The minimum Gasteiger partial charge on any atom is -0.314 e. The fourth-order valence-electron chi connectivity index (χ4n) is 2.97. The highest BCUT2D eigenvalue weighted by molar-refractivity contribution is 9.10. The SMILES string of the molecule is Cc1ccc(CN2CCC(NCC3CC3)CC2)c(Br)c1.Cl. The molecule has 0 radical (unpaired) electrons. The van der Waals surface area contributed by atoms with E-state index in [1.54, 1.807) is 0 Å². The number of hydrogen-bond acceptors (Lipinski definition) is 2. The topological polar surface area (TPSA) is 15.3 Å². The Morgan fingerprint density at radius 1 is 1.19 bits per heavy atom. The van der Waals surface area contributed by atoms with Gasteiger partial charge in [0.15, 0.2) is 0 Å². The molecule has 0 atom stereocenters. The third kappa shape index (κ3) is 5.24. The van der Waals surface area contributed by atoms with Gasteiger partial charge in [-0.2, -0.15) is 0 Å². The van der Waals surface area contributed by atoms with Crippen LogP contribution in [0.4, 0.5) is 0 Å². The average Bonchev–Trinajstić information content (AvgIpc) is 3.25. The zero-order valence-corrected chi connectivity index (χ0v) is 15.2. The van der Waals surface area contributed by atoms with E-state index in [1.807, 2.05) is 0 Å². The van der Waals surface area contributed by atoms with Gasteiger partial charge in [-0.05, 0) is 75.4 Å². The minimum atomic E-state index is 0. The van der Waals surface area contributed by atoms with Gasteiger partial charge in [0.05, 0.1) is 0 Å². The van der Waals surface area contributed by atoms with Gasteiger partial charge >= 0.3 is 0 Å². The number of aryl methyl sites for hydroxylation is 1. The minimum absolute atomic E-state index is 0. The number of likely N-dealkylation sites (tertiary alicyclic amines) is 1. The first-order valence-corrected chi connectivity index (χ1v) is 8.71. The highest BCUT2D eigenvalue weighted by Crippen LogP contribution is 2.28. The first-order chi connectivity index (χ1) is 9.70. The maximum atomic E-state index is 3.75. The van der Waals surface area contributed by atoms with Gasteiger partial charge in [0.1, 0.15) is 0 Å². The summed E-state index contributed by atoms with van der Waals surface area (Å²) in [5.41, 5.74) is 2.74. The number of rotatable bonds is 5. The van der Waals surface area contributed by atoms with Crippen molar-refractivity contribution in [3.8, 4) is 0 Å². The maximum Gasteiger partial charge on any atom is 0.0244 e. The summed E-state index contributed by atoms with van der Waals surface area (Å²) in [5.74, 6) is 0.997. The van der Waals surface area contributed by atoms with Gasteiger partial charge in [-0.1, -0.05) is 28.1 Å². The molecule has 21 heavy (non-hydrogen) atoms. The average molecular weight is 374 g/mol. The Kier molecular flexibility index (Phi) is 6.54. The Balaban J connectivity index is 0.00000161. The van der Waals surface area contributed by atoms with Crippen molar-refractivity contribution in [1.29, 1.82) is 0 Å². The lowest BCUT2D eigenvalue weighted by atomic mass is 10.0. The fraction of sp³-hybridized carbons (Fsp3) is 0.647. The fourth-order valence-corrected chi connectivity index (χ4v) is 3.59. The summed E-state index contributed by atoms with van der Waals surface area (Å²) in [4.78, 5) is 2.59. The summed E-state index contributed by atoms with van der Waals surface area (Å²) >= 11 is 3.69. The second-order valence-corrected chi connectivity index (χ2v) is 7.35. The normalized spacial score (nSPS) is 20.3. The molecule has 1 aliphatic heterocycles. The monoisotopic (exact) mass is 372 g/mol. The first kappa shape index (κ1) is 17.3. The van der Waals surface area contributed by atoms with E-state index < -0.39 is 0 Å². The van der Waals surface area contributed by atoms with Crippen LogP contribution in [-0.4, -0.2) is 30.6 Å². The molecule has 1 saturated heterocycles. The lowest BCUT2D eigenvalue weighted by Gasteiger charge is -2.32. The molecule has 0 spiro atoms. The molecule has 1 saturated carbocycles. The lowest BCUT2D eigenvalue weighted by molar-refractivity contribution is 0.190. The molecule has 2 nitrogen and oxygen atoms in total. The van der Waals surface area contributed by atoms with Gasteiger partial charge in [-0.25, -0.2) is 0 Å². The van der Waals surface area contributed by atoms with Crippen LogP contribution >= 0.6 is 28.3 Å². The van der Waals surface area contributed by atoms with E-state index in [0.717, 1.165) is 18.5 Å². The summed E-state index contributed by atoms with van der Waals surface area (Å²) in [6, 6.07) is 7.45. The van der Waals surface area contributed by atoms with Crippen LogP contribution in [0.5, 0.6) is 0 Å². The molecule has 0 bridgehead atoms. The Labute approximate surface area is 143 Å². The van der Waals surface area contributed by atoms with E-state index in [2.05, 4.69) is 51.3 Å². The van der Waals surface area contributed by atoms with Crippen molar-refractivity contribution in [1.82, 2.24) is 10.2 Å². The van der Waals surface area contributed by atoms with E-state index in [9.17, 15) is 0 Å². The molecule has 0 aromatic heterocycles. The van der Waals surface area contributed by atoms with Crippen molar-refractivity contribution >= 4 is 28.3 Å². The largest absolute Gasteiger partial charge is 0.314 e. The van der Waals surface area contributed by atoms with Gasteiger partial charge in [-0.3, -0.25) is 4.90 Å². The van der Waals surface area contributed by atoms with Gasteiger partial charge < -0.3 is 5.32 Å². The Bertz CT molecular complexity index is 454. The van der Waals surface area contributed by atoms with E-state index in [4.69, 9.17) is 0 Å². The number of benzene rings is 1. The number of piperidine rings is 1.